The summed E-state index contributed by atoms with van der Waals surface area (Å²) in [5.74, 6) is -0.213. The van der Waals surface area contributed by atoms with E-state index in [0.717, 1.165) is 11.3 Å². The molecule has 1 aromatic carbocycles. The maximum absolute atomic E-state index is 11.4. The van der Waals surface area contributed by atoms with Crippen LogP contribution in [-0.2, 0) is 0 Å². The van der Waals surface area contributed by atoms with Crippen LogP contribution in [0.2, 0.25) is 0 Å². The van der Waals surface area contributed by atoms with E-state index in [1.165, 1.54) is 0 Å². The molecule has 0 saturated heterocycles. The topological polar surface area (TPSA) is 72.9 Å². The Morgan fingerprint density at radius 1 is 1.41 bits per heavy atom. The van der Waals surface area contributed by atoms with E-state index in [1.54, 1.807) is 24.0 Å². The van der Waals surface area contributed by atoms with Gasteiger partial charge in [-0.05, 0) is 24.6 Å². The third-order valence-electron chi connectivity index (χ3n) is 2.60. The minimum Gasteiger partial charge on any atom is -0.397 e. The number of amides is 1. The van der Waals surface area contributed by atoms with Crippen molar-refractivity contribution in [1.29, 1.82) is 0 Å². The summed E-state index contributed by atoms with van der Waals surface area (Å²) < 4.78 is 1.60. The second-order valence-corrected chi connectivity index (χ2v) is 3.73. The molecule has 5 nitrogen and oxygen atoms in total. The van der Waals surface area contributed by atoms with Crippen LogP contribution < -0.4 is 11.1 Å². The largest absolute Gasteiger partial charge is 0.397 e. The van der Waals surface area contributed by atoms with Crippen molar-refractivity contribution in [3.63, 3.8) is 0 Å². The number of nitrogens with one attached hydrogen (secondary N) is 1. The van der Waals surface area contributed by atoms with Crippen molar-refractivity contribution in [1.82, 2.24) is 15.1 Å². The van der Waals surface area contributed by atoms with Crippen LogP contribution in [0, 0.1) is 6.92 Å². The summed E-state index contributed by atoms with van der Waals surface area (Å²) in [6, 6.07) is 7.35. The van der Waals surface area contributed by atoms with Gasteiger partial charge in [-0.3, -0.25) is 4.79 Å². The molecule has 0 spiro atoms. The van der Waals surface area contributed by atoms with Gasteiger partial charge in [0.2, 0.25) is 0 Å². The highest BCUT2D eigenvalue weighted by Gasteiger charge is 2.10. The molecule has 0 aliphatic heterocycles. The fourth-order valence-corrected chi connectivity index (χ4v) is 1.57. The van der Waals surface area contributed by atoms with Gasteiger partial charge in [0.1, 0.15) is 0 Å². The predicted molar refractivity (Wildman–Crippen MR) is 66.1 cm³/mol. The molecule has 0 atom stereocenters. The predicted octanol–water partition coefficient (Wildman–Crippen LogP) is 1.12. The van der Waals surface area contributed by atoms with Crippen LogP contribution in [0.1, 0.15) is 16.1 Å². The van der Waals surface area contributed by atoms with Gasteiger partial charge in [0, 0.05) is 13.2 Å². The fraction of sp³-hybridized carbons (Fsp3) is 0.167. The maximum atomic E-state index is 11.4. The SMILES string of the molecule is CNC(=O)c1ccn(-c2cccc(C)c2N)n1. The molecule has 0 bridgehead atoms. The molecule has 3 N–H and O–H groups in total. The molecule has 0 saturated carbocycles. The number of anilines is 1. The van der Waals surface area contributed by atoms with Crippen molar-refractivity contribution >= 4 is 11.6 Å². The second kappa shape index (κ2) is 4.29. The molecule has 0 unspecified atom stereocenters. The number of benzene rings is 1. The lowest BCUT2D eigenvalue weighted by Crippen LogP contribution is -2.18. The number of hydrogen-bond acceptors (Lipinski definition) is 3. The zero-order chi connectivity index (χ0) is 12.4. The number of rotatable bonds is 2. The fourth-order valence-electron chi connectivity index (χ4n) is 1.57. The maximum Gasteiger partial charge on any atom is 0.271 e. The number of hydrogen-bond donors (Lipinski definition) is 2. The van der Waals surface area contributed by atoms with Crippen LogP contribution >= 0.6 is 0 Å². The zero-order valence-electron chi connectivity index (χ0n) is 9.77. The molecule has 88 valence electrons. The van der Waals surface area contributed by atoms with Gasteiger partial charge in [0.15, 0.2) is 5.69 Å². The first-order valence-corrected chi connectivity index (χ1v) is 5.26. The Morgan fingerprint density at radius 2 is 2.18 bits per heavy atom. The summed E-state index contributed by atoms with van der Waals surface area (Å²) in [7, 11) is 1.57. The van der Waals surface area contributed by atoms with Crippen molar-refractivity contribution in [2.24, 2.45) is 0 Å². The summed E-state index contributed by atoms with van der Waals surface area (Å²) >= 11 is 0. The van der Waals surface area contributed by atoms with E-state index in [-0.39, 0.29) is 5.91 Å². The minimum atomic E-state index is -0.213. The Labute approximate surface area is 99.2 Å². The van der Waals surface area contributed by atoms with Crippen molar-refractivity contribution in [2.45, 2.75) is 6.92 Å². The smallest absolute Gasteiger partial charge is 0.271 e. The number of carbonyl (C=O) groups is 1. The van der Waals surface area contributed by atoms with E-state index < -0.39 is 0 Å². The molecular formula is C12H14N4O. The monoisotopic (exact) mass is 230 g/mol. The van der Waals surface area contributed by atoms with Crippen LogP contribution in [0.3, 0.4) is 0 Å². The first-order valence-electron chi connectivity index (χ1n) is 5.26. The molecule has 2 aromatic rings. The highest BCUT2D eigenvalue weighted by molar-refractivity contribution is 5.91. The number of nitrogens with zero attached hydrogens (tertiary/aromatic N) is 2. The van der Waals surface area contributed by atoms with Gasteiger partial charge in [0.25, 0.3) is 5.91 Å². The Hall–Kier alpha value is -2.30. The molecule has 17 heavy (non-hydrogen) atoms. The van der Waals surface area contributed by atoms with E-state index in [2.05, 4.69) is 10.4 Å². The number of carbonyl (C=O) groups excluding carboxylic acids is 1. The lowest BCUT2D eigenvalue weighted by atomic mass is 10.2. The molecule has 0 radical (unpaired) electrons. The van der Waals surface area contributed by atoms with Crippen LogP contribution in [-0.4, -0.2) is 22.7 Å². The number of aromatic nitrogens is 2. The van der Waals surface area contributed by atoms with Crippen molar-refractivity contribution in [3.8, 4) is 5.69 Å². The summed E-state index contributed by atoms with van der Waals surface area (Å²) in [6.07, 6.45) is 1.72. The number of nitrogens with two attached hydrogens (primary N) is 1. The van der Waals surface area contributed by atoms with E-state index in [9.17, 15) is 4.79 Å². The van der Waals surface area contributed by atoms with E-state index in [4.69, 9.17) is 5.73 Å². The van der Waals surface area contributed by atoms with Gasteiger partial charge in [-0.2, -0.15) is 5.10 Å². The van der Waals surface area contributed by atoms with Gasteiger partial charge < -0.3 is 11.1 Å². The highest BCUT2D eigenvalue weighted by Crippen LogP contribution is 2.20. The number of aryl methyl sites for hydroxylation is 1. The lowest BCUT2D eigenvalue weighted by molar-refractivity contribution is 0.0957. The summed E-state index contributed by atoms with van der Waals surface area (Å²) in [6.45, 7) is 1.93. The van der Waals surface area contributed by atoms with Gasteiger partial charge in [-0.25, -0.2) is 4.68 Å². The van der Waals surface area contributed by atoms with E-state index >= 15 is 0 Å². The summed E-state index contributed by atoms with van der Waals surface area (Å²) in [5, 5.41) is 6.70. The molecule has 5 heteroatoms. The zero-order valence-corrected chi connectivity index (χ0v) is 9.77. The van der Waals surface area contributed by atoms with Gasteiger partial charge in [-0.15, -0.1) is 0 Å². The van der Waals surface area contributed by atoms with Crippen LogP contribution in [0.5, 0.6) is 0 Å². The standard InChI is InChI=1S/C12H14N4O/c1-8-4-3-5-10(11(8)13)16-7-6-9(15-16)12(17)14-2/h3-7H,13H2,1-2H3,(H,14,17). The number of para-hydroxylation sites is 1. The summed E-state index contributed by atoms with van der Waals surface area (Å²) in [5.41, 5.74) is 8.77. The highest BCUT2D eigenvalue weighted by atomic mass is 16.1. The first-order chi connectivity index (χ1) is 8.13. The third-order valence-corrected chi connectivity index (χ3v) is 2.60. The molecule has 1 heterocycles. The third kappa shape index (κ3) is 1.99. The van der Waals surface area contributed by atoms with Crippen LogP contribution in [0.25, 0.3) is 5.69 Å². The molecule has 1 amide bonds. The molecule has 2 rings (SSSR count). The molecule has 0 aliphatic rings. The van der Waals surface area contributed by atoms with Crippen molar-refractivity contribution < 1.29 is 4.79 Å². The van der Waals surface area contributed by atoms with Crippen molar-refractivity contribution in [3.05, 3.63) is 41.7 Å². The minimum absolute atomic E-state index is 0.213. The Kier molecular flexibility index (Phi) is 2.82. The molecule has 0 fully saturated rings. The second-order valence-electron chi connectivity index (χ2n) is 3.73. The van der Waals surface area contributed by atoms with Crippen LogP contribution in [0.15, 0.2) is 30.5 Å². The van der Waals surface area contributed by atoms with Gasteiger partial charge in [0.05, 0.1) is 11.4 Å². The normalized spacial score (nSPS) is 10.2. The van der Waals surface area contributed by atoms with E-state index in [0.29, 0.717) is 11.4 Å². The van der Waals surface area contributed by atoms with E-state index in [1.807, 2.05) is 25.1 Å². The Balaban J connectivity index is 2.44. The average molecular weight is 230 g/mol. The lowest BCUT2D eigenvalue weighted by Gasteiger charge is -2.07. The molecule has 1 aromatic heterocycles. The average Bonchev–Trinajstić information content (AvgIpc) is 2.81. The molecule has 0 aliphatic carbocycles. The van der Waals surface area contributed by atoms with Crippen LogP contribution in [0.4, 0.5) is 5.69 Å². The molecular weight excluding hydrogens is 216 g/mol. The first kappa shape index (κ1) is 11.2. The Morgan fingerprint density at radius 3 is 2.88 bits per heavy atom. The Bertz CT molecular complexity index is 559. The van der Waals surface area contributed by atoms with Gasteiger partial charge >= 0.3 is 0 Å². The quantitative estimate of drug-likeness (QED) is 0.759. The summed E-state index contributed by atoms with van der Waals surface area (Å²) in [4.78, 5) is 11.4. The van der Waals surface area contributed by atoms with Crippen molar-refractivity contribution in [2.75, 3.05) is 12.8 Å². The van der Waals surface area contributed by atoms with Gasteiger partial charge in [-0.1, -0.05) is 12.1 Å². The number of nitrogen functional groups attached to an aromatic ring is 1.